The minimum absolute atomic E-state index is 0.0870. The summed E-state index contributed by atoms with van der Waals surface area (Å²) in [5.74, 6) is 0.997. The summed E-state index contributed by atoms with van der Waals surface area (Å²) < 4.78 is 39.3. The van der Waals surface area contributed by atoms with Crippen molar-refractivity contribution < 1.29 is 17.9 Å². The fourth-order valence-corrected chi connectivity index (χ4v) is 2.91. The molecule has 0 unspecified atom stereocenters. The van der Waals surface area contributed by atoms with Gasteiger partial charge in [0.15, 0.2) is 11.5 Å². The van der Waals surface area contributed by atoms with Crippen molar-refractivity contribution in [3.05, 3.63) is 54.1 Å². The maximum Gasteiger partial charge on any atom is 0.282 e. The highest BCUT2D eigenvalue weighted by Gasteiger charge is 2.17. The first kappa shape index (κ1) is 14.6. The van der Waals surface area contributed by atoms with Crippen molar-refractivity contribution in [3.63, 3.8) is 0 Å². The molecular formula is C16H15NO4S. The van der Waals surface area contributed by atoms with Crippen LogP contribution in [0.25, 0.3) is 0 Å². The van der Waals surface area contributed by atoms with Crippen molar-refractivity contribution in [2.45, 2.75) is 11.3 Å². The molecule has 5 nitrogen and oxygen atoms in total. The fourth-order valence-electron chi connectivity index (χ4n) is 2.03. The van der Waals surface area contributed by atoms with Gasteiger partial charge in [0.05, 0.1) is 18.1 Å². The summed E-state index contributed by atoms with van der Waals surface area (Å²) in [6.45, 7) is 1.06. The zero-order chi connectivity index (χ0) is 15.4. The van der Waals surface area contributed by atoms with Crippen LogP contribution in [-0.4, -0.2) is 27.8 Å². The monoisotopic (exact) mass is 317 g/mol. The number of sulfonamides is 1. The highest BCUT2D eigenvalue weighted by Crippen LogP contribution is 2.32. The van der Waals surface area contributed by atoms with Crippen LogP contribution in [0, 0.1) is 0 Å². The molecule has 0 aromatic heterocycles. The molecule has 22 heavy (non-hydrogen) atoms. The van der Waals surface area contributed by atoms with Gasteiger partial charge in [0, 0.05) is 18.7 Å². The molecule has 2 aromatic carbocycles. The molecule has 1 heterocycles. The Balaban J connectivity index is 1.89. The van der Waals surface area contributed by atoms with Crippen LogP contribution in [-0.2, 0) is 10.0 Å². The van der Waals surface area contributed by atoms with Gasteiger partial charge in [-0.25, -0.2) is 0 Å². The first-order chi connectivity index (χ1) is 10.6. The smallest absolute Gasteiger partial charge is 0.282 e. The molecule has 0 saturated heterocycles. The van der Waals surface area contributed by atoms with Crippen molar-refractivity contribution in [2.24, 2.45) is 4.40 Å². The average molecular weight is 317 g/mol. The topological polar surface area (TPSA) is 65.0 Å². The Morgan fingerprint density at radius 1 is 0.955 bits per heavy atom. The van der Waals surface area contributed by atoms with E-state index in [1.54, 1.807) is 18.2 Å². The van der Waals surface area contributed by atoms with Crippen molar-refractivity contribution in [3.8, 4) is 11.5 Å². The molecule has 1 aliphatic rings. The minimum Gasteiger partial charge on any atom is -0.490 e. The molecule has 0 atom stereocenters. The van der Waals surface area contributed by atoms with E-state index < -0.39 is 10.0 Å². The second-order valence-corrected chi connectivity index (χ2v) is 6.41. The lowest BCUT2D eigenvalue weighted by molar-refractivity contribution is 0.297. The van der Waals surface area contributed by atoms with Crippen LogP contribution in [0.3, 0.4) is 0 Å². The van der Waals surface area contributed by atoms with E-state index in [2.05, 4.69) is 4.40 Å². The lowest BCUT2D eigenvalue weighted by atomic mass is 10.2. The van der Waals surface area contributed by atoms with Crippen LogP contribution in [0.5, 0.6) is 11.5 Å². The van der Waals surface area contributed by atoms with Crippen molar-refractivity contribution in [2.75, 3.05) is 13.2 Å². The third-order valence-corrected chi connectivity index (χ3v) is 4.39. The zero-order valence-electron chi connectivity index (χ0n) is 11.8. The van der Waals surface area contributed by atoms with Gasteiger partial charge in [0.25, 0.3) is 10.0 Å². The molecule has 0 amide bonds. The predicted molar refractivity (Wildman–Crippen MR) is 83.3 cm³/mol. The summed E-state index contributed by atoms with van der Waals surface area (Å²) in [5, 5.41) is 0. The molecule has 0 bridgehead atoms. The number of fused-ring (bicyclic) bond motifs is 1. The van der Waals surface area contributed by atoms with Gasteiger partial charge in [0.1, 0.15) is 0 Å². The Hall–Kier alpha value is -2.34. The third-order valence-electron chi connectivity index (χ3n) is 3.16. The van der Waals surface area contributed by atoms with Crippen LogP contribution < -0.4 is 9.47 Å². The van der Waals surface area contributed by atoms with Gasteiger partial charge in [-0.1, -0.05) is 30.3 Å². The second-order valence-electron chi connectivity index (χ2n) is 4.78. The van der Waals surface area contributed by atoms with E-state index >= 15 is 0 Å². The fraction of sp³-hybridized carbons (Fsp3) is 0.188. The number of nitrogens with zero attached hydrogens (tertiary/aromatic N) is 1. The van der Waals surface area contributed by atoms with Gasteiger partial charge in [-0.3, -0.25) is 0 Å². The molecule has 0 spiro atoms. The van der Waals surface area contributed by atoms with E-state index in [0.29, 0.717) is 24.7 Å². The van der Waals surface area contributed by atoms with E-state index in [-0.39, 0.29) is 4.90 Å². The number of rotatable bonds is 3. The molecule has 114 valence electrons. The Bertz CT molecular complexity index is 785. The summed E-state index contributed by atoms with van der Waals surface area (Å²) in [7, 11) is -3.77. The summed E-state index contributed by atoms with van der Waals surface area (Å²) in [4.78, 5) is 0.0870. The SMILES string of the molecule is O=S(=O)(/N=C/c1ccccc1)c1ccc2c(c1)OCCCO2. The van der Waals surface area contributed by atoms with Gasteiger partial charge in [0.2, 0.25) is 0 Å². The Morgan fingerprint density at radius 2 is 1.68 bits per heavy atom. The van der Waals surface area contributed by atoms with Crippen molar-refractivity contribution in [1.29, 1.82) is 0 Å². The Kier molecular flexibility index (Phi) is 4.11. The van der Waals surface area contributed by atoms with Gasteiger partial charge in [-0.2, -0.15) is 12.8 Å². The lowest BCUT2D eigenvalue weighted by Gasteiger charge is -2.08. The molecular weight excluding hydrogens is 302 g/mol. The average Bonchev–Trinajstić information content (AvgIpc) is 2.78. The van der Waals surface area contributed by atoms with Crippen molar-refractivity contribution >= 4 is 16.2 Å². The predicted octanol–water partition coefficient (Wildman–Crippen LogP) is 2.66. The quantitative estimate of drug-likeness (QED) is 0.816. The molecule has 0 aliphatic carbocycles. The van der Waals surface area contributed by atoms with E-state index in [1.807, 2.05) is 18.2 Å². The van der Waals surface area contributed by atoms with Gasteiger partial charge in [-0.05, 0) is 17.7 Å². The molecule has 1 aliphatic heterocycles. The van der Waals surface area contributed by atoms with Crippen LogP contribution in [0.1, 0.15) is 12.0 Å². The van der Waals surface area contributed by atoms with Crippen LogP contribution >= 0.6 is 0 Å². The highest BCUT2D eigenvalue weighted by atomic mass is 32.2. The molecule has 0 fully saturated rings. The second kappa shape index (κ2) is 6.19. The number of hydrogen-bond acceptors (Lipinski definition) is 4. The molecule has 0 N–H and O–H groups in total. The van der Waals surface area contributed by atoms with Gasteiger partial charge >= 0.3 is 0 Å². The molecule has 0 radical (unpaired) electrons. The zero-order valence-corrected chi connectivity index (χ0v) is 12.6. The largest absolute Gasteiger partial charge is 0.490 e. The number of benzene rings is 2. The maximum absolute atomic E-state index is 12.3. The Morgan fingerprint density at radius 3 is 2.45 bits per heavy atom. The van der Waals surface area contributed by atoms with Crippen LogP contribution in [0.2, 0.25) is 0 Å². The normalized spacial score (nSPS) is 14.7. The summed E-state index contributed by atoms with van der Waals surface area (Å²) in [6.07, 6.45) is 2.10. The summed E-state index contributed by atoms with van der Waals surface area (Å²) in [6, 6.07) is 13.6. The summed E-state index contributed by atoms with van der Waals surface area (Å²) >= 11 is 0. The molecule has 0 saturated carbocycles. The molecule has 3 rings (SSSR count). The van der Waals surface area contributed by atoms with E-state index in [0.717, 1.165) is 12.0 Å². The Labute approximate surface area is 129 Å². The van der Waals surface area contributed by atoms with Crippen LogP contribution in [0.15, 0.2) is 57.8 Å². The number of hydrogen-bond donors (Lipinski definition) is 0. The first-order valence-corrected chi connectivity index (χ1v) is 8.34. The van der Waals surface area contributed by atoms with Crippen LogP contribution in [0.4, 0.5) is 0 Å². The maximum atomic E-state index is 12.3. The molecule has 6 heteroatoms. The minimum atomic E-state index is -3.77. The standard InChI is InChI=1S/C16H15NO4S/c18-22(19,17-12-13-5-2-1-3-6-13)14-7-8-15-16(11-14)21-10-4-9-20-15/h1-3,5-8,11-12H,4,9-10H2/b17-12+. The van der Waals surface area contributed by atoms with E-state index in [9.17, 15) is 8.42 Å². The highest BCUT2D eigenvalue weighted by molar-refractivity contribution is 7.90. The lowest BCUT2D eigenvalue weighted by Crippen LogP contribution is -2.00. The first-order valence-electron chi connectivity index (χ1n) is 6.90. The number of ether oxygens (including phenoxy) is 2. The van der Waals surface area contributed by atoms with Crippen molar-refractivity contribution in [1.82, 2.24) is 0 Å². The summed E-state index contributed by atoms with van der Waals surface area (Å²) in [5.41, 5.74) is 0.723. The van der Waals surface area contributed by atoms with Gasteiger partial charge < -0.3 is 9.47 Å². The van der Waals surface area contributed by atoms with E-state index in [4.69, 9.17) is 9.47 Å². The molecule has 2 aromatic rings. The van der Waals surface area contributed by atoms with E-state index in [1.165, 1.54) is 18.3 Å². The third kappa shape index (κ3) is 3.28. The van der Waals surface area contributed by atoms with Gasteiger partial charge in [-0.15, -0.1) is 0 Å².